The molecule has 36 heavy (non-hydrogen) atoms. The molecule has 0 heterocycles. The van der Waals surface area contributed by atoms with Crippen LogP contribution < -0.4 is 10.6 Å². The van der Waals surface area contributed by atoms with Gasteiger partial charge in [0, 0.05) is 18.3 Å². The number of carboxylic acid groups (broad SMARTS) is 2. The second-order valence-corrected chi connectivity index (χ2v) is 8.63. The third-order valence-corrected chi connectivity index (χ3v) is 5.15. The number of carboxylic acids is 2. The first kappa shape index (κ1) is 28.0. The molecular formula is C27H25BrN2O6. The molecule has 9 heteroatoms. The Labute approximate surface area is 216 Å². The Bertz CT molecular complexity index is 1320. The van der Waals surface area contributed by atoms with E-state index < -0.39 is 11.9 Å². The number of aromatic carboxylic acids is 2. The van der Waals surface area contributed by atoms with Crippen LogP contribution in [0.2, 0.25) is 0 Å². The Morgan fingerprint density at radius 2 is 1.14 bits per heavy atom. The Hall–Kier alpha value is -4.24. The van der Waals surface area contributed by atoms with E-state index in [0.29, 0.717) is 15.8 Å². The SMILES string of the molecule is CC(=O)Nc1ccc(/C=C/c2ccc(C)cc2)cc1C(=O)O.CC(=O)Nc1ccc(Br)cc1C(=O)O. The molecule has 3 aromatic carbocycles. The number of hydrogen-bond donors (Lipinski definition) is 4. The van der Waals surface area contributed by atoms with Crippen LogP contribution in [0.15, 0.2) is 65.1 Å². The third kappa shape index (κ3) is 8.84. The molecule has 0 spiro atoms. The van der Waals surface area contributed by atoms with Crippen molar-refractivity contribution < 1.29 is 29.4 Å². The Kier molecular flexibility index (Phi) is 10.1. The molecule has 0 unspecified atom stereocenters. The number of carbonyl (C=O) groups excluding carboxylic acids is 2. The summed E-state index contributed by atoms with van der Waals surface area (Å²) in [4.78, 5) is 43.9. The molecule has 0 aliphatic heterocycles. The van der Waals surface area contributed by atoms with Crippen LogP contribution in [0.5, 0.6) is 0 Å². The van der Waals surface area contributed by atoms with Gasteiger partial charge >= 0.3 is 11.9 Å². The summed E-state index contributed by atoms with van der Waals surface area (Å²) in [5, 5.41) is 23.0. The summed E-state index contributed by atoms with van der Waals surface area (Å²) in [6.45, 7) is 4.69. The van der Waals surface area contributed by atoms with E-state index in [9.17, 15) is 24.3 Å². The zero-order valence-electron chi connectivity index (χ0n) is 19.8. The number of nitrogens with one attached hydrogen (secondary N) is 2. The van der Waals surface area contributed by atoms with E-state index in [-0.39, 0.29) is 22.9 Å². The number of hydrogen-bond acceptors (Lipinski definition) is 4. The minimum absolute atomic E-state index is 0.0644. The molecule has 3 aromatic rings. The van der Waals surface area contributed by atoms with E-state index in [0.717, 1.165) is 11.1 Å². The molecule has 186 valence electrons. The van der Waals surface area contributed by atoms with Gasteiger partial charge in [-0.05, 0) is 48.4 Å². The molecule has 0 aromatic heterocycles. The van der Waals surface area contributed by atoms with Crippen LogP contribution in [0.3, 0.4) is 0 Å². The summed E-state index contributed by atoms with van der Waals surface area (Å²) < 4.78 is 0.656. The Balaban J connectivity index is 0.000000281. The molecule has 0 aliphatic carbocycles. The van der Waals surface area contributed by atoms with Crippen molar-refractivity contribution in [1.29, 1.82) is 0 Å². The van der Waals surface area contributed by atoms with Crippen LogP contribution in [0.1, 0.15) is 51.3 Å². The van der Waals surface area contributed by atoms with Crippen molar-refractivity contribution in [3.63, 3.8) is 0 Å². The lowest BCUT2D eigenvalue weighted by Crippen LogP contribution is -2.10. The summed E-state index contributed by atoms with van der Waals surface area (Å²) >= 11 is 3.15. The molecule has 0 radical (unpaired) electrons. The standard InChI is InChI=1S/C18H17NO3.C9H8BrNO3/c1-12-3-5-14(6-4-12)7-8-15-9-10-17(19-13(2)20)16(11-15)18(21)22;1-5(12)11-8-3-2-6(10)4-7(8)9(13)14/h3-11H,1-2H3,(H,19,20)(H,21,22);2-4H,1H3,(H,11,12)(H,13,14)/b8-7+;. The first-order chi connectivity index (χ1) is 17.0. The number of anilines is 2. The summed E-state index contributed by atoms with van der Waals surface area (Å²) in [6.07, 6.45) is 3.76. The normalized spacial score (nSPS) is 10.2. The zero-order chi connectivity index (χ0) is 26.8. The highest BCUT2D eigenvalue weighted by Gasteiger charge is 2.12. The highest BCUT2D eigenvalue weighted by molar-refractivity contribution is 9.10. The van der Waals surface area contributed by atoms with Crippen molar-refractivity contribution in [3.8, 4) is 0 Å². The first-order valence-corrected chi connectivity index (χ1v) is 11.5. The maximum atomic E-state index is 11.3. The van der Waals surface area contributed by atoms with Gasteiger partial charge in [0.05, 0.1) is 22.5 Å². The highest BCUT2D eigenvalue weighted by Crippen LogP contribution is 2.21. The van der Waals surface area contributed by atoms with Crippen LogP contribution in [0.4, 0.5) is 11.4 Å². The van der Waals surface area contributed by atoms with E-state index in [1.807, 2.05) is 43.3 Å². The summed E-state index contributed by atoms with van der Waals surface area (Å²) in [6, 6.07) is 17.6. The van der Waals surface area contributed by atoms with Gasteiger partial charge in [-0.15, -0.1) is 0 Å². The van der Waals surface area contributed by atoms with Crippen LogP contribution in [0.25, 0.3) is 12.2 Å². The van der Waals surface area contributed by atoms with Gasteiger partial charge < -0.3 is 20.8 Å². The van der Waals surface area contributed by atoms with Gasteiger partial charge in [0.15, 0.2) is 0 Å². The number of carbonyl (C=O) groups is 4. The molecule has 0 aliphatic rings. The summed E-state index contributed by atoms with van der Waals surface area (Å²) in [5.41, 5.74) is 3.71. The van der Waals surface area contributed by atoms with Crippen LogP contribution in [-0.4, -0.2) is 34.0 Å². The van der Waals surface area contributed by atoms with Crippen molar-refractivity contribution in [1.82, 2.24) is 0 Å². The fourth-order valence-corrected chi connectivity index (χ4v) is 3.36. The first-order valence-electron chi connectivity index (χ1n) is 10.7. The average Bonchev–Trinajstić information content (AvgIpc) is 2.80. The summed E-state index contributed by atoms with van der Waals surface area (Å²) in [7, 11) is 0. The van der Waals surface area contributed by atoms with Crippen molar-refractivity contribution in [3.05, 3.63) is 93.0 Å². The number of amides is 2. The molecule has 0 saturated carbocycles. The van der Waals surface area contributed by atoms with E-state index in [2.05, 4.69) is 26.6 Å². The fraction of sp³-hybridized carbons (Fsp3) is 0.111. The third-order valence-electron chi connectivity index (χ3n) is 4.65. The largest absolute Gasteiger partial charge is 0.478 e. The molecule has 0 saturated heterocycles. The molecule has 0 atom stereocenters. The number of halogens is 1. The predicted octanol–water partition coefficient (Wildman–Crippen LogP) is 5.93. The lowest BCUT2D eigenvalue weighted by molar-refractivity contribution is -0.115. The van der Waals surface area contributed by atoms with Crippen molar-refractivity contribution in [2.75, 3.05) is 10.6 Å². The van der Waals surface area contributed by atoms with Gasteiger partial charge in [-0.25, -0.2) is 9.59 Å². The monoisotopic (exact) mass is 552 g/mol. The zero-order valence-corrected chi connectivity index (χ0v) is 21.4. The van der Waals surface area contributed by atoms with Crippen LogP contribution in [0, 0.1) is 6.92 Å². The smallest absolute Gasteiger partial charge is 0.337 e. The fourth-order valence-electron chi connectivity index (χ4n) is 3.00. The maximum absolute atomic E-state index is 11.3. The van der Waals surface area contributed by atoms with Crippen molar-refractivity contribution >= 4 is 63.2 Å². The van der Waals surface area contributed by atoms with Crippen LogP contribution in [-0.2, 0) is 9.59 Å². The minimum atomic E-state index is -1.07. The lowest BCUT2D eigenvalue weighted by atomic mass is 10.1. The lowest BCUT2D eigenvalue weighted by Gasteiger charge is -2.07. The maximum Gasteiger partial charge on any atom is 0.337 e. The summed E-state index contributed by atoms with van der Waals surface area (Å²) in [5.74, 6) is -2.75. The van der Waals surface area contributed by atoms with E-state index in [4.69, 9.17) is 5.11 Å². The minimum Gasteiger partial charge on any atom is -0.478 e. The van der Waals surface area contributed by atoms with E-state index >= 15 is 0 Å². The molecular weight excluding hydrogens is 528 g/mol. The topological polar surface area (TPSA) is 133 Å². The second-order valence-electron chi connectivity index (χ2n) is 7.71. The van der Waals surface area contributed by atoms with Crippen LogP contribution >= 0.6 is 15.9 Å². The van der Waals surface area contributed by atoms with Crippen molar-refractivity contribution in [2.45, 2.75) is 20.8 Å². The number of aryl methyl sites for hydroxylation is 1. The van der Waals surface area contributed by atoms with E-state index in [1.165, 1.54) is 37.6 Å². The number of rotatable bonds is 6. The molecule has 8 nitrogen and oxygen atoms in total. The van der Waals surface area contributed by atoms with Gasteiger partial charge in [0.25, 0.3) is 0 Å². The second kappa shape index (κ2) is 13.0. The van der Waals surface area contributed by atoms with Gasteiger partial charge in [-0.2, -0.15) is 0 Å². The molecule has 2 amide bonds. The van der Waals surface area contributed by atoms with Gasteiger partial charge in [-0.3, -0.25) is 9.59 Å². The Morgan fingerprint density at radius 1 is 0.694 bits per heavy atom. The molecule has 4 N–H and O–H groups in total. The number of benzene rings is 3. The molecule has 0 bridgehead atoms. The van der Waals surface area contributed by atoms with Gasteiger partial charge in [0.2, 0.25) is 11.8 Å². The quantitative estimate of drug-likeness (QED) is 0.280. The predicted molar refractivity (Wildman–Crippen MR) is 143 cm³/mol. The van der Waals surface area contributed by atoms with Crippen molar-refractivity contribution in [2.24, 2.45) is 0 Å². The van der Waals surface area contributed by atoms with E-state index in [1.54, 1.807) is 18.2 Å². The van der Waals surface area contributed by atoms with Gasteiger partial charge in [-0.1, -0.05) is 64.0 Å². The van der Waals surface area contributed by atoms with Gasteiger partial charge in [0.1, 0.15) is 0 Å². The average molecular weight is 553 g/mol. The Morgan fingerprint density at radius 3 is 1.64 bits per heavy atom. The highest BCUT2D eigenvalue weighted by atomic mass is 79.9. The molecule has 3 rings (SSSR count). The molecule has 0 fully saturated rings.